The molecule has 0 bridgehead atoms. The van der Waals surface area contributed by atoms with Crippen molar-refractivity contribution >= 4 is 39.8 Å². The Kier molecular flexibility index (Phi) is 6.42. The maximum absolute atomic E-state index is 4.74. The number of nitrogens with one attached hydrogen (secondary N) is 1. The van der Waals surface area contributed by atoms with E-state index in [0.717, 1.165) is 27.6 Å². The average Bonchev–Trinajstić information content (AvgIpc) is 3.49. The van der Waals surface area contributed by atoms with Crippen molar-refractivity contribution in [2.45, 2.75) is 20.0 Å². The van der Waals surface area contributed by atoms with E-state index in [1.807, 2.05) is 78.9 Å². The molecule has 8 heteroatoms. The lowest BCUT2D eigenvalue weighted by atomic mass is 10.2. The number of hydrogen-bond acceptors (Lipinski definition) is 5. The predicted molar refractivity (Wildman–Crippen MR) is 152 cm³/mol. The molecule has 2 aromatic heterocycles. The highest BCUT2D eigenvalue weighted by molar-refractivity contribution is 5.82. The molecule has 0 atom stereocenters. The van der Waals surface area contributed by atoms with Gasteiger partial charge in [0, 0.05) is 0 Å². The van der Waals surface area contributed by atoms with Crippen LogP contribution < -0.4 is 5.43 Å². The van der Waals surface area contributed by atoms with Crippen LogP contribution >= 0.6 is 0 Å². The molecule has 186 valence electrons. The number of azo groups is 1. The molecular formula is C30H26N8. The van der Waals surface area contributed by atoms with Crippen LogP contribution in [0.2, 0.25) is 0 Å². The second-order valence-corrected chi connectivity index (χ2v) is 8.94. The van der Waals surface area contributed by atoms with Gasteiger partial charge in [0.15, 0.2) is 5.84 Å². The van der Waals surface area contributed by atoms with Crippen LogP contribution in [-0.4, -0.2) is 24.9 Å². The fourth-order valence-corrected chi connectivity index (χ4v) is 4.42. The molecule has 6 rings (SSSR count). The quantitative estimate of drug-likeness (QED) is 0.111. The summed E-state index contributed by atoms with van der Waals surface area (Å²) in [6.45, 7) is 3.11. The maximum atomic E-state index is 4.74. The standard InChI is InChI=1S/C30H26N8/c1-22(33-35-29-31-25-16-8-10-18-27(25)37(29)20-23-12-4-2-5-13-23)34-36-30-32-26-17-9-11-19-28(26)38(30)21-24-14-6-3-7-15-24/h2-19H,20-21H2,1H3,(H,31,35). The summed E-state index contributed by atoms with van der Waals surface area (Å²) in [6, 6.07) is 36.6. The first kappa shape index (κ1) is 23.3. The highest BCUT2D eigenvalue weighted by atomic mass is 15.4. The fourth-order valence-electron chi connectivity index (χ4n) is 4.42. The van der Waals surface area contributed by atoms with Gasteiger partial charge < -0.3 is 9.13 Å². The first-order valence-corrected chi connectivity index (χ1v) is 12.4. The number of para-hydroxylation sites is 4. The molecule has 0 aliphatic rings. The lowest BCUT2D eigenvalue weighted by Crippen LogP contribution is -2.06. The van der Waals surface area contributed by atoms with Crippen molar-refractivity contribution in [3.05, 3.63) is 120 Å². The topological polar surface area (TPSA) is 84.8 Å². The molecule has 2 heterocycles. The number of hydrogen-bond donors (Lipinski definition) is 1. The predicted octanol–water partition coefficient (Wildman–Crippen LogP) is 7.01. The van der Waals surface area contributed by atoms with E-state index in [4.69, 9.17) is 9.97 Å². The highest BCUT2D eigenvalue weighted by Crippen LogP contribution is 2.24. The van der Waals surface area contributed by atoms with Gasteiger partial charge in [0.2, 0.25) is 5.95 Å². The summed E-state index contributed by atoms with van der Waals surface area (Å²) in [5, 5.41) is 13.3. The fraction of sp³-hybridized carbons (Fsp3) is 0.100. The average molecular weight is 499 g/mol. The Labute approximate surface area is 220 Å². The van der Waals surface area contributed by atoms with E-state index in [2.05, 4.69) is 60.2 Å². The number of anilines is 1. The van der Waals surface area contributed by atoms with Gasteiger partial charge in [-0.25, -0.2) is 15.4 Å². The van der Waals surface area contributed by atoms with Crippen molar-refractivity contribution in [3.8, 4) is 0 Å². The highest BCUT2D eigenvalue weighted by Gasteiger charge is 2.12. The second-order valence-electron chi connectivity index (χ2n) is 8.94. The molecule has 0 spiro atoms. The molecular weight excluding hydrogens is 472 g/mol. The largest absolute Gasteiger partial charge is 0.304 e. The molecule has 0 aliphatic heterocycles. The first-order valence-electron chi connectivity index (χ1n) is 12.4. The zero-order chi connectivity index (χ0) is 25.7. The Bertz CT molecular complexity index is 1750. The normalized spacial score (nSPS) is 12.1. The van der Waals surface area contributed by atoms with Crippen molar-refractivity contribution in [2.24, 2.45) is 15.3 Å². The van der Waals surface area contributed by atoms with Gasteiger partial charge >= 0.3 is 0 Å². The second kappa shape index (κ2) is 10.5. The number of benzene rings is 4. The smallest absolute Gasteiger partial charge is 0.250 e. The molecule has 0 aliphatic carbocycles. The summed E-state index contributed by atoms with van der Waals surface area (Å²) < 4.78 is 4.17. The van der Waals surface area contributed by atoms with E-state index < -0.39 is 0 Å². The van der Waals surface area contributed by atoms with E-state index in [0.29, 0.717) is 30.8 Å². The first-order chi connectivity index (χ1) is 18.7. The summed E-state index contributed by atoms with van der Waals surface area (Å²) in [6.07, 6.45) is 0. The molecule has 4 aromatic carbocycles. The van der Waals surface area contributed by atoms with Crippen molar-refractivity contribution in [1.82, 2.24) is 19.1 Å². The maximum Gasteiger partial charge on any atom is 0.250 e. The molecule has 6 aromatic rings. The molecule has 0 radical (unpaired) electrons. The van der Waals surface area contributed by atoms with Gasteiger partial charge in [-0.1, -0.05) is 84.9 Å². The Morgan fingerprint density at radius 3 is 1.84 bits per heavy atom. The third kappa shape index (κ3) is 4.92. The summed E-state index contributed by atoms with van der Waals surface area (Å²) in [5.41, 5.74) is 9.25. The Morgan fingerprint density at radius 2 is 1.18 bits per heavy atom. The molecule has 1 N–H and O–H groups in total. The molecule has 0 unspecified atom stereocenters. The molecule has 0 amide bonds. The molecule has 0 saturated carbocycles. The number of fused-ring (bicyclic) bond motifs is 2. The van der Waals surface area contributed by atoms with Crippen molar-refractivity contribution in [3.63, 3.8) is 0 Å². The van der Waals surface area contributed by atoms with Crippen LogP contribution in [0.5, 0.6) is 0 Å². The monoisotopic (exact) mass is 498 g/mol. The van der Waals surface area contributed by atoms with Crippen LogP contribution in [-0.2, 0) is 13.1 Å². The third-order valence-electron chi connectivity index (χ3n) is 6.26. The number of hydrazone groups is 1. The van der Waals surface area contributed by atoms with Crippen LogP contribution in [0.1, 0.15) is 18.1 Å². The zero-order valence-electron chi connectivity index (χ0n) is 20.9. The summed E-state index contributed by atoms with van der Waals surface area (Å²) in [7, 11) is 0. The van der Waals surface area contributed by atoms with Crippen LogP contribution in [0.4, 0.5) is 11.9 Å². The zero-order valence-corrected chi connectivity index (χ0v) is 20.9. The number of imidazole rings is 2. The Hall–Kier alpha value is -5.11. The molecule has 0 saturated heterocycles. The van der Waals surface area contributed by atoms with Crippen molar-refractivity contribution in [1.29, 1.82) is 0 Å². The van der Waals surface area contributed by atoms with Gasteiger partial charge in [0.05, 0.1) is 35.2 Å². The van der Waals surface area contributed by atoms with Gasteiger partial charge in [-0.2, -0.15) is 5.10 Å². The molecule has 38 heavy (non-hydrogen) atoms. The molecule has 8 nitrogen and oxygen atoms in total. The summed E-state index contributed by atoms with van der Waals surface area (Å²) >= 11 is 0. The third-order valence-corrected chi connectivity index (χ3v) is 6.26. The van der Waals surface area contributed by atoms with Gasteiger partial charge in [-0.05, 0) is 42.3 Å². The van der Waals surface area contributed by atoms with Gasteiger partial charge in [-0.15, -0.1) is 10.2 Å². The van der Waals surface area contributed by atoms with Gasteiger partial charge in [-0.3, -0.25) is 0 Å². The van der Waals surface area contributed by atoms with E-state index >= 15 is 0 Å². The lowest BCUT2D eigenvalue weighted by molar-refractivity contribution is 0.816. The van der Waals surface area contributed by atoms with Crippen LogP contribution in [0.15, 0.2) is 125 Å². The van der Waals surface area contributed by atoms with Crippen molar-refractivity contribution < 1.29 is 0 Å². The van der Waals surface area contributed by atoms with E-state index in [9.17, 15) is 0 Å². The summed E-state index contributed by atoms with van der Waals surface area (Å²) in [5.74, 6) is 1.63. The Morgan fingerprint density at radius 1 is 0.658 bits per heavy atom. The number of amidine groups is 1. The Balaban J connectivity index is 1.27. The molecule has 0 fully saturated rings. The lowest BCUT2D eigenvalue weighted by Gasteiger charge is -2.09. The minimum absolute atomic E-state index is 0.460. The van der Waals surface area contributed by atoms with E-state index in [1.54, 1.807) is 6.92 Å². The van der Waals surface area contributed by atoms with Crippen molar-refractivity contribution in [2.75, 3.05) is 5.43 Å². The minimum atomic E-state index is 0.460. The van der Waals surface area contributed by atoms with Gasteiger partial charge in [0.25, 0.3) is 5.95 Å². The summed E-state index contributed by atoms with van der Waals surface area (Å²) in [4.78, 5) is 9.44. The van der Waals surface area contributed by atoms with Gasteiger partial charge in [0.1, 0.15) is 0 Å². The minimum Gasteiger partial charge on any atom is -0.304 e. The number of nitrogens with zero attached hydrogens (tertiary/aromatic N) is 7. The van der Waals surface area contributed by atoms with E-state index in [1.165, 1.54) is 5.56 Å². The van der Waals surface area contributed by atoms with E-state index in [-0.39, 0.29) is 0 Å². The number of rotatable bonds is 7. The van der Waals surface area contributed by atoms with Crippen LogP contribution in [0.25, 0.3) is 22.1 Å². The van der Waals surface area contributed by atoms with Crippen LogP contribution in [0, 0.1) is 0 Å². The van der Waals surface area contributed by atoms with Crippen LogP contribution in [0.3, 0.4) is 0 Å². The number of aromatic nitrogens is 4. The SMILES string of the molecule is CC(N=Nc1nc2ccccc2n1Cc1ccccc1)=NNc1nc2ccccc2n1Cc1ccccc1.